The zero-order valence-corrected chi connectivity index (χ0v) is 11.5. The Morgan fingerprint density at radius 1 is 1.37 bits per heavy atom. The molecule has 104 valence electrons. The summed E-state index contributed by atoms with van der Waals surface area (Å²) in [6.45, 7) is 0.651. The summed E-state index contributed by atoms with van der Waals surface area (Å²) in [5, 5.41) is 2.98. The van der Waals surface area contributed by atoms with Crippen molar-refractivity contribution < 1.29 is 4.79 Å². The Bertz CT molecular complexity index is 481. The lowest BCUT2D eigenvalue weighted by molar-refractivity contribution is 0.0899. The van der Waals surface area contributed by atoms with E-state index in [0.29, 0.717) is 12.1 Å². The third-order valence-corrected chi connectivity index (χ3v) is 4.11. The largest absolute Gasteiger partial charge is 0.350 e. The molecule has 0 bridgehead atoms. The van der Waals surface area contributed by atoms with Gasteiger partial charge in [0.1, 0.15) is 0 Å². The Kier molecular flexibility index (Phi) is 4.04. The predicted octanol–water partition coefficient (Wildman–Crippen LogP) is 0.979. The van der Waals surface area contributed by atoms with Gasteiger partial charge in [-0.1, -0.05) is 12.8 Å². The van der Waals surface area contributed by atoms with E-state index in [1.165, 1.54) is 25.1 Å². The van der Waals surface area contributed by atoms with E-state index in [1.54, 1.807) is 6.07 Å². The van der Waals surface area contributed by atoms with Crippen LogP contribution in [0.15, 0.2) is 23.1 Å². The van der Waals surface area contributed by atoms with Crippen LogP contribution in [0.4, 0.5) is 0 Å². The maximum atomic E-state index is 12.0. The van der Waals surface area contributed by atoms with Gasteiger partial charge in [-0.2, -0.15) is 0 Å². The minimum absolute atomic E-state index is 0.0812. The number of carbonyl (C=O) groups is 1. The predicted molar refractivity (Wildman–Crippen MR) is 74.3 cm³/mol. The monoisotopic (exact) mass is 263 g/mol. The highest BCUT2D eigenvalue weighted by Gasteiger charge is 2.36. The van der Waals surface area contributed by atoms with Gasteiger partial charge in [0, 0.05) is 24.3 Å². The highest BCUT2D eigenvalue weighted by molar-refractivity contribution is 5.93. The number of hydrogen-bond acceptors (Lipinski definition) is 3. The summed E-state index contributed by atoms with van der Waals surface area (Å²) in [5.74, 6) is -0.135. The van der Waals surface area contributed by atoms with E-state index >= 15 is 0 Å². The van der Waals surface area contributed by atoms with Gasteiger partial charge < -0.3 is 15.2 Å². The third kappa shape index (κ3) is 3.04. The molecule has 1 aliphatic rings. The van der Waals surface area contributed by atoms with Crippen molar-refractivity contribution in [2.45, 2.75) is 31.2 Å². The van der Waals surface area contributed by atoms with E-state index in [0.717, 1.165) is 12.8 Å². The zero-order valence-electron chi connectivity index (χ0n) is 11.5. The van der Waals surface area contributed by atoms with Crippen LogP contribution in [0.25, 0.3) is 0 Å². The molecule has 1 aliphatic carbocycles. The first-order chi connectivity index (χ1) is 9.03. The number of H-pyrrole nitrogens is 1. The number of hydrogen-bond donors (Lipinski definition) is 2. The van der Waals surface area contributed by atoms with Crippen LogP contribution in [0.2, 0.25) is 0 Å². The number of nitrogens with zero attached hydrogens (tertiary/aromatic N) is 1. The van der Waals surface area contributed by atoms with Gasteiger partial charge in [0.25, 0.3) is 5.91 Å². The first-order valence-electron chi connectivity index (χ1n) is 6.68. The summed E-state index contributed by atoms with van der Waals surface area (Å²) in [6.07, 6.45) is 6.12. The highest BCUT2D eigenvalue weighted by atomic mass is 16.1. The Balaban J connectivity index is 1.99. The fraction of sp³-hybridized carbons (Fsp3) is 0.571. The number of carbonyl (C=O) groups excluding carboxylic acids is 1. The van der Waals surface area contributed by atoms with Crippen LogP contribution in [-0.4, -0.2) is 42.0 Å². The van der Waals surface area contributed by atoms with Crippen molar-refractivity contribution in [1.82, 2.24) is 15.2 Å². The van der Waals surface area contributed by atoms with E-state index in [9.17, 15) is 9.59 Å². The van der Waals surface area contributed by atoms with Crippen molar-refractivity contribution in [3.8, 4) is 0 Å². The van der Waals surface area contributed by atoms with Gasteiger partial charge in [-0.3, -0.25) is 9.59 Å². The summed E-state index contributed by atoms with van der Waals surface area (Å²) < 4.78 is 0. The molecule has 5 heteroatoms. The van der Waals surface area contributed by atoms with Gasteiger partial charge in [-0.25, -0.2) is 0 Å². The summed E-state index contributed by atoms with van der Waals surface area (Å²) in [7, 11) is 4.13. The second-order valence-corrected chi connectivity index (χ2v) is 5.45. The van der Waals surface area contributed by atoms with E-state index in [4.69, 9.17) is 0 Å². The third-order valence-electron chi connectivity index (χ3n) is 4.11. The van der Waals surface area contributed by atoms with Gasteiger partial charge in [0.2, 0.25) is 5.56 Å². The quantitative estimate of drug-likeness (QED) is 0.851. The molecule has 1 amide bonds. The number of amides is 1. The Labute approximate surface area is 113 Å². The Hall–Kier alpha value is -1.62. The molecule has 2 N–H and O–H groups in total. The molecule has 0 radical (unpaired) electrons. The topological polar surface area (TPSA) is 65.2 Å². The number of aromatic nitrogens is 1. The van der Waals surface area contributed by atoms with Crippen molar-refractivity contribution >= 4 is 5.91 Å². The number of aromatic amines is 1. The van der Waals surface area contributed by atoms with Crippen LogP contribution in [0.1, 0.15) is 36.0 Å². The summed E-state index contributed by atoms with van der Waals surface area (Å²) in [5.41, 5.74) is 0.376. The number of pyridine rings is 1. The second kappa shape index (κ2) is 5.57. The van der Waals surface area contributed by atoms with Crippen molar-refractivity contribution in [1.29, 1.82) is 0 Å². The molecule has 0 spiro atoms. The average Bonchev–Trinajstić information content (AvgIpc) is 2.87. The van der Waals surface area contributed by atoms with Crippen LogP contribution in [0.3, 0.4) is 0 Å². The van der Waals surface area contributed by atoms with Gasteiger partial charge in [-0.05, 0) is 33.0 Å². The molecule has 0 unspecified atom stereocenters. The van der Waals surface area contributed by atoms with E-state index in [-0.39, 0.29) is 17.0 Å². The van der Waals surface area contributed by atoms with Crippen LogP contribution >= 0.6 is 0 Å². The first kappa shape index (κ1) is 13.8. The SMILES string of the molecule is CN(C)C1(CNC(=O)c2ccc(=O)[nH]c2)CCCC1. The molecule has 19 heavy (non-hydrogen) atoms. The van der Waals surface area contributed by atoms with Crippen LogP contribution in [0.5, 0.6) is 0 Å². The molecule has 0 atom stereocenters. The molecular weight excluding hydrogens is 242 g/mol. The smallest absolute Gasteiger partial charge is 0.252 e. The molecule has 2 rings (SSSR count). The summed E-state index contributed by atoms with van der Waals surface area (Å²) in [6, 6.07) is 2.91. The molecular formula is C14H21N3O2. The fourth-order valence-electron chi connectivity index (χ4n) is 2.71. The summed E-state index contributed by atoms with van der Waals surface area (Å²) >= 11 is 0. The van der Waals surface area contributed by atoms with Crippen molar-refractivity contribution in [2.24, 2.45) is 0 Å². The average molecular weight is 263 g/mol. The lowest BCUT2D eigenvalue weighted by Gasteiger charge is -2.36. The van der Waals surface area contributed by atoms with Crippen molar-refractivity contribution in [3.05, 3.63) is 34.2 Å². The molecule has 0 saturated heterocycles. The van der Waals surface area contributed by atoms with Crippen molar-refractivity contribution in [3.63, 3.8) is 0 Å². The molecule has 1 aromatic rings. The number of rotatable bonds is 4. The maximum Gasteiger partial charge on any atom is 0.252 e. The van der Waals surface area contributed by atoms with E-state index < -0.39 is 0 Å². The molecule has 1 fully saturated rings. The van der Waals surface area contributed by atoms with E-state index in [2.05, 4.69) is 29.3 Å². The Morgan fingerprint density at radius 2 is 2.05 bits per heavy atom. The van der Waals surface area contributed by atoms with Gasteiger partial charge in [-0.15, -0.1) is 0 Å². The normalized spacial score (nSPS) is 17.6. The van der Waals surface area contributed by atoms with Gasteiger partial charge >= 0.3 is 0 Å². The Morgan fingerprint density at radius 3 is 2.58 bits per heavy atom. The minimum atomic E-state index is -0.197. The lowest BCUT2D eigenvalue weighted by Crippen LogP contribution is -2.50. The summed E-state index contributed by atoms with van der Waals surface area (Å²) in [4.78, 5) is 27.7. The standard InChI is InChI=1S/C14H21N3O2/c1-17(2)14(7-3-4-8-14)10-16-13(19)11-5-6-12(18)15-9-11/h5-6,9H,3-4,7-8,10H2,1-2H3,(H,15,18)(H,16,19). The zero-order chi connectivity index (χ0) is 13.9. The first-order valence-corrected chi connectivity index (χ1v) is 6.68. The van der Waals surface area contributed by atoms with Gasteiger partial charge in [0.15, 0.2) is 0 Å². The molecule has 1 aromatic heterocycles. The fourth-order valence-corrected chi connectivity index (χ4v) is 2.71. The molecule has 0 aliphatic heterocycles. The molecule has 1 saturated carbocycles. The van der Waals surface area contributed by atoms with E-state index in [1.807, 2.05) is 0 Å². The van der Waals surface area contributed by atoms with Gasteiger partial charge in [0.05, 0.1) is 5.56 Å². The molecule has 0 aromatic carbocycles. The maximum absolute atomic E-state index is 12.0. The minimum Gasteiger partial charge on any atom is -0.350 e. The molecule has 5 nitrogen and oxygen atoms in total. The van der Waals surface area contributed by atoms with Crippen molar-refractivity contribution in [2.75, 3.05) is 20.6 Å². The number of likely N-dealkylation sites (N-methyl/N-ethyl adjacent to an activating group) is 1. The molecule has 1 heterocycles. The highest BCUT2D eigenvalue weighted by Crippen LogP contribution is 2.33. The van der Waals surface area contributed by atoms with Crippen LogP contribution in [0, 0.1) is 0 Å². The number of nitrogens with one attached hydrogen (secondary N) is 2. The second-order valence-electron chi connectivity index (χ2n) is 5.45. The lowest BCUT2D eigenvalue weighted by atomic mass is 9.96. The van der Waals surface area contributed by atoms with Crippen LogP contribution in [-0.2, 0) is 0 Å². The van der Waals surface area contributed by atoms with Crippen LogP contribution < -0.4 is 10.9 Å².